The molecule has 0 radical (unpaired) electrons. The predicted molar refractivity (Wildman–Crippen MR) is 57.3 cm³/mol. The summed E-state index contributed by atoms with van der Waals surface area (Å²) in [6.07, 6.45) is 1.57. The zero-order chi connectivity index (χ0) is 11.0. The highest BCUT2D eigenvalue weighted by atomic mass is 35.5. The van der Waals surface area contributed by atoms with E-state index in [0.717, 1.165) is 10.9 Å². The zero-order valence-electron chi connectivity index (χ0n) is 8.33. The average molecular weight is 225 g/mol. The van der Waals surface area contributed by atoms with Crippen LogP contribution in [0.1, 0.15) is 15.9 Å². The molecule has 0 saturated heterocycles. The number of methoxy groups -OCH3 is 1. The second-order valence-corrected chi connectivity index (χ2v) is 3.62. The minimum atomic E-state index is -0.425. The van der Waals surface area contributed by atoms with Gasteiger partial charge in [-0.1, -0.05) is 11.6 Å². The fraction of sp³-hybridized carbons (Fsp3) is 0.182. The summed E-state index contributed by atoms with van der Waals surface area (Å²) in [7, 11) is 1.33. The molecule has 0 saturated carbocycles. The van der Waals surface area contributed by atoms with Crippen molar-refractivity contribution in [2.45, 2.75) is 6.92 Å². The van der Waals surface area contributed by atoms with Gasteiger partial charge in [-0.15, -0.1) is 0 Å². The minimum absolute atomic E-state index is 0.394. The van der Waals surface area contributed by atoms with E-state index in [1.165, 1.54) is 7.11 Å². The molecule has 1 heterocycles. The Labute approximate surface area is 91.6 Å². The summed E-state index contributed by atoms with van der Waals surface area (Å²) in [5.74, 6) is -0.425. The lowest BCUT2D eigenvalue weighted by Crippen LogP contribution is -2.01. The fourth-order valence-electron chi connectivity index (χ4n) is 1.53. The molecule has 78 valence electrons. The van der Waals surface area contributed by atoms with E-state index in [1.54, 1.807) is 18.4 Å². The first-order valence-electron chi connectivity index (χ1n) is 4.39. The van der Waals surface area contributed by atoms with Crippen LogP contribution in [0.4, 0.5) is 0 Å². The van der Waals surface area contributed by atoms with Crippen molar-refractivity contribution in [3.63, 3.8) is 0 Å². The number of hydrogen-bond acceptors (Lipinski definition) is 3. The van der Waals surface area contributed by atoms with Crippen LogP contribution in [0.5, 0.6) is 0 Å². The lowest BCUT2D eigenvalue weighted by atomic mass is 10.1. The molecule has 0 amide bonds. The molecule has 4 heteroatoms. The summed E-state index contributed by atoms with van der Waals surface area (Å²) in [6, 6.07) is 3.26. The third kappa shape index (κ3) is 1.49. The van der Waals surface area contributed by atoms with E-state index in [9.17, 15) is 4.79 Å². The number of furan rings is 1. The van der Waals surface area contributed by atoms with Crippen LogP contribution in [0, 0.1) is 6.92 Å². The largest absolute Gasteiger partial charge is 0.465 e. The maximum absolute atomic E-state index is 11.4. The van der Waals surface area contributed by atoms with E-state index >= 15 is 0 Å². The number of esters is 1. The molecule has 2 aromatic rings. The molecule has 0 atom stereocenters. The van der Waals surface area contributed by atoms with Gasteiger partial charge >= 0.3 is 5.97 Å². The monoisotopic (exact) mass is 224 g/mol. The predicted octanol–water partition coefficient (Wildman–Crippen LogP) is 3.18. The summed E-state index contributed by atoms with van der Waals surface area (Å²) in [6.45, 7) is 1.87. The maximum atomic E-state index is 11.4. The van der Waals surface area contributed by atoms with Crippen molar-refractivity contribution < 1.29 is 13.9 Å². The molecule has 0 spiro atoms. The van der Waals surface area contributed by atoms with Gasteiger partial charge in [-0.25, -0.2) is 4.79 Å². The first kappa shape index (κ1) is 10.1. The summed E-state index contributed by atoms with van der Waals surface area (Å²) < 4.78 is 9.95. The number of ether oxygens (including phenoxy) is 1. The van der Waals surface area contributed by atoms with Gasteiger partial charge < -0.3 is 9.15 Å². The Hall–Kier alpha value is -1.48. The quantitative estimate of drug-likeness (QED) is 0.699. The van der Waals surface area contributed by atoms with E-state index in [2.05, 4.69) is 4.74 Å². The number of fused-ring (bicyclic) bond motifs is 1. The number of halogens is 1. The van der Waals surface area contributed by atoms with Crippen LogP contribution in [0.15, 0.2) is 22.8 Å². The average Bonchev–Trinajstić information content (AvgIpc) is 2.61. The van der Waals surface area contributed by atoms with Crippen molar-refractivity contribution in [3.05, 3.63) is 34.5 Å². The highest BCUT2D eigenvalue weighted by molar-refractivity contribution is 6.36. The van der Waals surface area contributed by atoms with Crippen molar-refractivity contribution in [2.75, 3.05) is 7.11 Å². The van der Waals surface area contributed by atoms with Crippen LogP contribution in [-0.4, -0.2) is 13.1 Å². The maximum Gasteiger partial charge on any atom is 0.341 e. The normalized spacial score (nSPS) is 10.6. The van der Waals surface area contributed by atoms with E-state index < -0.39 is 5.97 Å². The molecular weight excluding hydrogens is 216 g/mol. The Balaban J connectivity index is 2.78. The first-order chi connectivity index (χ1) is 7.15. The second kappa shape index (κ2) is 3.59. The number of benzene rings is 1. The second-order valence-electron chi connectivity index (χ2n) is 3.21. The molecule has 1 aromatic heterocycles. The van der Waals surface area contributed by atoms with Gasteiger partial charge in [0.25, 0.3) is 0 Å². The van der Waals surface area contributed by atoms with Crippen LogP contribution in [-0.2, 0) is 4.74 Å². The summed E-state index contributed by atoms with van der Waals surface area (Å²) >= 11 is 6.01. The third-order valence-electron chi connectivity index (χ3n) is 2.26. The third-order valence-corrected chi connectivity index (χ3v) is 2.58. The molecule has 0 aliphatic rings. The molecular formula is C11H9ClO3. The molecule has 2 rings (SSSR count). The van der Waals surface area contributed by atoms with Crippen LogP contribution >= 0.6 is 11.6 Å². The Bertz CT molecular complexity index is 528. The summed E-state index contributed by atoms with van der Waals surface area (Å²) in [5, 5.41) is 1.34. The van der Waals surface area contributed by atoms with Crippen molar-refractivity contribution in [1.82, 2.24) is 0 Å². The molecule has 1 aromatic carbocycles. The van der Waals surface area contributed by atoms with Gasteiger partial charge in [0.05, 0.1) is 18.4 Å². The van der Waals surface area contributed by atoms with E-state index in [0.29, 0.717) is 16.2 Å². The minimum Gasteiger partial charge on any atom is -0.465 e. The lowest BCUT2D eigenvalue weighted by Gasteiger charge is -2.01. The van der Waals surface area contributed by atoms with Gasteiger partial charge in [0.1, 0.15) is 11.1 Å². The molecule has 3 nitrogen and oxygen atoms in total. The number of carbonyl (C=O) groups excluding carboxylic acids is 1. The number of carbonyl (C=O) groups is 1. The highest BCUT2D eigenvalue weighted by Gasteiger charge is 2.16. The van der Waals surface area contributed by atoms with E-state index in [1.807, 2.05) is 6.92 Å². The molecule has 0 N–H and O–H groups in total. The molecule has 0 fully saturated rings. The van der Waals surface area contributed by atoms with Crippen LogP contribution in [0.25, 0.3) is 11.0 Å². The Kier molecular flexibility index (Phi) is 2.40. The van der Waals surface area contributed by atoms with Gasteiger partial charge in [-0.3, -0.25) is 0 Å². The molecule has 0 unspecified atom stereocenters. The topological polar surface area (TPSA) is 39.4 Å². The Morgan fingerprint density at radius 3 is 2.87 bits per heavy atom. The number of rotatable bonds is 1. The van der Waals surface area contributed by atoms with Crippen LogP contribution in [0.2, 0.25) is 5.02 Å². The Morgan fingerprint density at radius 2 is 2.20 bits per heavy atom. The lowest BCUT2D eigenvalue weighted by molar-refractivity contribution is 0.0602. The van der Waals surface area contributed by atoms with Crippen molar-refractivity contribution in [1.29, 1.82) is 0 Å². The smallest absolute Gasteiger partial charge is 0.341 e. The number of aryl methyl sites for hydroxylation is 1. The first-order valence-corrected chi connectivity index (χ1v) is 4.77. The van der Waals surface area contributed by atoms with Crippen molar-refractivity contribution >= 4 is 28.5 Å². The van der Waals surface area contributed by atoms with Gasteiger partial charge in [0.15, 0.2) is 0 Å². The SMILES string of the molecule is COC(=O)c1ccc(Cl)c2c(C)coc12. The molecule has 0 aliphatic heterocycles. The van der Waals surface area contributed by atoms with Crippen molar-refractivity contribution in [3.8, 4) is 0 Å². The van der Waals surface area contributed by atoms with E-state index in [-0.39, 0.29) is 0 Å². The summed E-state index contributed by atoms with van der Waals surface area (Å²) in [5.41, 5.74) is 1.78. The molecule has 0 aliphatic carbocycles. The standard InChI is InChI=1S/C11H9ClO3/c1-6-5-15-10-7(11(13)14-2)3-4-8(12)9(6)10/h3-5H,1-2H3. The zero-order valence-corrected chi connectivity index (χ0v) is 9.09. The van der Waals surface area contributed by atoms with Gasteiger partial charge in [0.2, 0.25) is 0 Å². The van der Waals surface area contributed by atoms with Gasteiger partial charge in [0, 0.05) is 5.39 Å². The van der Waals surface area contributed by atoms with Gasteiger partial charge in [-0.05, 0) is 24.6 Å². The van der Waals surface area contributed by atoms with Gasteiger partial charge in [-0.2, -0.15) is 0 Å². The van der Waals surface area contributed by atoms with E-state index in [4.69, 9.17) is 16.0 Å². The fourth-order valence-corrected chi connectivity index (χ4v) is 1.82. The molecule has 0 bridgehead atoms. The Morgan fingerprint density at radius 1 is 1.47 bits per heavy atom. The van der Waals surface area contributed by atoms with Crippen molar-refractivity contribution in [2.24, 2.45) is 0 Å². The molecule has 15 heavy (non-hydrogen) atoms. The van der Waals surface area contributed by atoms with Crippen LogP contribution < -0.4 is 0 Å². The summed E-state index contributed by atoms with van der Waals surface area (Å²) in [4.78, 5) is 11.4. The highest BCUT2D eigenvalue weighted by Crippen LogP contribution is 2.31. The van der Waals surface area contributed by atoms with Crippen LogP contribution in [0.3, 0.4) is 0 Å². The number of hydrogen-bond donors (Lipinski definition) is 0.